The molecular formula is C18H27NO3. The summed E-state index contributed by atoms with van der Waals surface area (Å²) in [6.07, 6.45) is 4.06. The highest BCUT2D eigenvalue weighted by atomic mass is 16.5. The Morgan fingerprint density at radius 1 is 1.23 bits per heavy atom. The minimum absolute atomic E-state index is 0.109. The van der Waals surface area contributed by atoms with E-state index in [2.05, 4.69) is 17.0 Å². The molecule has 122 valence electrons. The van der Waals surface area contributed by atoms with E-state index in [9.17, 15) is 0 Å². The lowest BCUT2D eigenvalue weighted by Gasteiger charge is -2.40. The van der Waals surface area contributed by atoms with E-state index in [0.29, 0.717) is 18.1 Å². The van der Waals surface area contributed by atoms with Crippen LogP contribution < -0.4 is 0 Å². The maximum absolute atomic E-state index is 9.15. The standard InChI is InChI=1S/C18H27NO3/c1-21-18-4-2-3-16(18)17-13-22-10-9-19(17)11-14-5-7-15(12-20)8-6-14/h5-8,16-18,20H,2-4,9-13H2,1H3/t16-,17-,18-/m1/s1. The molecule has 1 aromatic rings. The fraction of sp³-hybridized carbons (Fsp3) is 0.667. The van der Waals surface area contributed by atoms with Gasteiger partial charge in [0.15, 0.2) is 0 Å². The second-order valence-corrected chi connectivity index (χ2v) is 6.46. The number of ether oxygens (including phenoxy) is 2. The van der Waals surface area contributed by atoms with Crippen molar-refractivity contribution >= 4 is 0 Å². The minimum atomic E-state index is 0.109. The molecule has 1 aromatic carbocycles. The van der Waals surface area contributed by atoms with Crippen LogP contribution in [0.3, 0.4) is 0 Å². The predicted octanol–water partition coefficient (Wildman–Crippen LogP) is 2.19. The van der Waals surface area contributed by atoms with Gasteiger partial charge in [0, 0.05) is 32.2 Å². The molecule has 3 atom stereocenters. The van der Waals surface area contributed by atoms with Crippen molar-refractivity contribution in [3.05, 3.63) is 35.4 Å². The Labute approximate surface area is 133 Å². The van der Waals surface area contributed by atoms with Crippen LogP contribution in [-0.4, -0.2) is 49.0 Å². The van der Waals surface area contributed by atoms with Gasteiger partial charge in [-0.25, -0.2) is 0 Å². The molecular weight excluding hydrogens is 278 g/mol. The summed E-state index contributed by atoms with van der Waals surface area (Å²) < 4.78 is 11.5. The smallest absolute Gasteiger partial charge is 0.0681 e. The number of methoxy groups -OCH3 is 1. The predicted molar refractivity (Wildman–Crippen MR) is 85.5 cm³/mol. The average Bonchev–Trinajstić information content (AvgIpc) is 3.04. The van der Waals surface area contributed by atoms with Crippen LogP contribution >= 0.6 is 0 Å². The van der Waals surface area contributed by atoms with Crippen LogP contribution in [0.5, 0.6) is 0 Å². The van der Waals surface area contributed by atoms with Crippen LogP contribution in [0.2, 0.25) is 0 Å². The third-order valence-corrected chi connectivity index (χ3v) is 5.17. The van der Waals surface area contributed by atoms with Gasteiger partial charge in [0.05, 0.1) is 25.9 Å². The van der Waals surface area contributed by atoms with E-state index in [-0.39, 0.29) is 6.61 Å². The fourth-order valence-corrected chi connectivity index (χ4v) is 3.92. The van der Waals surface area contributed by atoms with Crippen LogP contribution in [0.4, 0.5) is 0 Å². The third-order valence-electron chi connectivity index (χ3n) is 5.17. The highest BCUT2D eigenvalue weighted by molar-refractivity contribution is 5.22. The van der Waals surface area contributed by atoms with Gasteiger partial charge in [-0.2, -0.15) is 0 Å². The summed E-state index contributed by atoms with van der Waals surface area (Å²) in [6, 6.07) is 8.73. The van der Waals surface area contributed by atoms with E-state index in [1.54, 1.807) is 0 Å². The molecule has 1 aliphatic carbocycles. The van der Waals surface area contributed by atoms with Gasteiger partial charge < -0.3 is 14.6 Å². The van der Waals surface area contributed by atoms with Crippen molar-refractivity contribution in [2.75, 3.05) is 26.9 Å². The van der Waals surface area contributed by atoms with Crippen molar-refractivity contribution in [1.29, 1.82) is 0 Å². The molecule has 4 nitrogen and oxygen atoms in total. The molecule has 0 amide bonds. The number of aliphatic hydroxyl groups excluding tert-OH is 1. The molecule has 0 aromatic heterocycles. The Morgan fingerprint density at radius 3 is 2.73 bits per heavy atom. The molecule has 0 unspecified atom stereocenters. The van der Waals surface area contributed by atoms with E-state index < -0.39 is 0 Å². The number of rotatable bonds is 5. The first-order valence-corrected chi connectivity index (χ1v) is 8.35. The van der Waals surface area contributed by atoms with E-state index in [1.165, 1.54) is 24.8 Å². The van der Waals surface area contributed by atoms with Gasteiger partial charge in [-0.15, -0.1) is 0 Å². The van der Waals surface area contributed by atoms with Crippen LogP contribution in [0, 0.1) is 5.92 Å². The van der Waals surface area contributed by atoms with Crippen LogP contribution in [0.1, 0.15) is 30.4 Å². The summed E-state index contributed by atoms with van der Waals surface area (Å²) in [6.45, 7) is 3.68. The topological polar surface area (TPSA) is 41.9 Å². The Balaban J connectivity index is 1.69. The number of nitrogens with zero attached hydrogens (tertiary/aromatic N) is 1. The number of morpholine rings is 1. The van der Waals surface area contributed by atoms with Gasteiger partial charge in [-0.05, 0) is 24.0 Å². The lowest BCUT2D eigenvalue weighted by atomic mass is 9.93. The summed E-state index contributed by atoms with van der Waals surface area (Å²) in [4.78, 5) is 2.56. The molecule has 1 saturated heterocycles. The van der Waals surface area contributed by atoms with Gasteiger partial charge in [0.25, 0.3) is 0 Å². The summed E-state index contributed by atoms with van der Waals surface area (Å²) in [5.74, 6) is 0.585. The Kier molecular flexibility index (Phi) is 5.47. The van der Waals surface area contributed by atoms with Gasteiger partial charge in [-0.3, -0.25) is 4.90 Å². The van der Waals surface area contributed by atoms with Gasteiger partial charge in [-0.1, -0.05) is 30.7 Å². The van der Waals surface area contributed by atoms with Crippen LogP contribution in [-0.2, 0) is 22.6 Å². The Morgan fingerprint density at radius 2 is 2.00 bits per heavy atom. The van der Waals surface area contributed by atoms with E-state index in [1.807, 2.05) is 19.2 Å². The van der Waals surface area contributed by atoms with E-state index >= 15 is 0 Å². The zero-order chi connectivity index (χ0) is 15.4. The molecule has 2 fully saturated rings. The minimum Gasteiger partial charge on any atom is -0.392 e. The van der Waals surface area contributed by atoms with E-state index in [4.69, 9.17) is 14.6 Å². The first-order valence-electron chi connectivity index (χ1n) is 8.35. The highest BCUT2D eigenvalue weighted by Gasteiger charge is 2.38. The Hall–Kier alpha value is -0.940. The molecule has 22 heavy (non-hydrogen) atoms. The summed E-state index contributed by atoms with van der Waals surface area (Å²) in [5, 5.41) is 9.15. The van der Waals surface area contributed by atoms with Gasteiger partial charge in [0.1, 0.15) is 0 Å². The summed E-state index contributed by atoms with van der Waals surface area (Å²) in [7, 11) is 1.84. The largest absolute Gasteiger partial charge is 0.392 e. The molecule has 1 N–H and O–H groups in total. The quantitative estimate of drug-likeness (QED) is 0.905. The number of hydrogen-bond acceptors (Lipinski definition) is 4. The Bertz CT molecular complexity index is 462. The van der Waals surface area contributed by atoms with Crippen molar-refractivity contribution in [3.8, 4) is 0 Å². The lowest BCUT2D eigenvalue weighted by Crippen LogP contribution is -2.50. The normalized spacial score (nSPS) is 29.8. The van der Waals surface area contributed by atoms with Crippen molar-refractivity contribution in [1.82, 2.24) is 4.90 Å². The third kappa shape index (κ3) is 3.51. The highest BCUT2D eigenvalue weighted by Crippen LogP contribution is 2.34. The van der Waals surface area contributed by atoms with Crippen LogP contribution in [0.25, 0.3) is 0 Å². The fourth-order valence-electron chi connectivity index (χ4n) is 3.92. The first-order chi connectivity index (χ1) is 10.8. The van der Waals surface area contributed by atoms with Crippen molar-refractivity contribution in [2.24, 2.45) is 5.92 Å². The van der Waals surface area contributed by atoms with Gasteiger partial charge >= 0.3 is 0 Å². The maximum Gasteiger partial charge on any atom is 0.0681 e. The second kappa shape index (κ2) is 7.55. The van der Waals surface area contributed by atoms with Crippen molar-refractivity contribution in [3.63, 3.8) is 0 Å². The van der Waals surface area contributed by atoms with Gasteiger partial charge in [0.2, 0.25) is 0 Å². The first kappa shape index (κ1) is 15.9. The molecule has 1 aliphatic heterocycles. The molecule has 0 spiro atoms. The number of aliphatic hydroxyl groups is 1. The maximum atomic E-state index is 9.15. The monoisotopic (exact) mass is 305 g/mol. The van der Waals surface area contributed by atoms with Crippen molar-refractivity contribution < 1.29 is 14.6 Å². The SMILES string of the molecule is CO[C@@H]1CCC[C@@H]1[C@H]1COCCN1Cc1ccc(CO)cc1. The second-order valence-electron chi connectivity index (χ2n) is 6.46. The van der Waals surface area contributed by atoms with Crippen LogP contribution in [0.15, 0.2) is 24.3 Å². The van der Waals surface area contributed by atoms with E-state index in [0.717, 1.165) is 31.9 Å². The zero-order valence-electron chi connectivity index (χ0n) is 13.4. The molecule has 4 heteroatoms. The molecule has 1 saturated carbocycles. The molecule has 2 aliphatic rings. The number of hydrogen-bond donors (Lipinski definition) is 1. The molecule has 3 rings (SSSR count). The van der Waals surface area contributed by atoms with Crippen molar-refractivity contribution in [2.45, 2.75) is 44.6 Å². The summed E-state index contributed by atoms with van der Waals surface area (Å²) >= 11 is 0. The molecule has 0 bridgehead atoms. The molecule has 1 heterocycles. The molecule has 0 radical (unpaired) electrons. The summed E-state index contributed by atoms with van der Waals surface area (Å²) in [5.41, 5.74) is 2.27. The zero-order valence-corrected chi connectivity index (χ0v) is 13.4. The number of benzene rings is 1. The lowest BCUT2D eigenvalue weighted by molar-refractivity contribution is -0.0608. The average molecular weight is 305 g/mol.